The number of alkyl halides is 2. The Labute approximate surface area is 81.5 Å². The molecule has 0 unspecified atom stereocenters. The van der Waals surface area contributed by atoms with E-state index in [1.54, 1.807) is 12.2 Å². The first-order valence-electron chi connectivity index (χ1n) is 4.50. The third kappa shape index (κ3) is 2.34. The first kappa shape index (κ1) is 10.8. The van der Waals surface area contributed by atoms with Gasteiger partial charge in [-0.05, 0) is 18.6 Å². The lowest BCUT2D eigenvalue weighted by Gasteiger charge is -2.06. The SMILES string of the molecule is CC.FC1(F)OC2=C(C=CCC=C2)O1. The highest BCUT2D eigenvalue weighted by Gasteiger charge is 2.43. The van der Waals surface area contributed by atoms with Crippen LogP contribution in [0.4, 0.5) is 8.78 Å². The first-order chi connectivity index (χ1) is 6.67. The van der Waals surface area contributed by atoms with Crippen molar-refractivity contribution >= 4 is 0 Å². The molecular weight excluding hydrogens is 190 g/mol. The van der Waals surface area contributed by atoms with Gasteiger partial charge in [0.05, 0.1) is 0 Å². The second kappa shape index (κ2) is 4.26. The van der Waals surface area contributed by atoms with Crippen molar-refractivity contribution in [2.45, 2.75) is 26.6 Å². The Morgan fingerprint density at radius 1 is 1.07 bits per heavy atom. The smallest absolute Gasteiger partial charge is 0.395 e. The van der Waals surface area contributed by atoms with Gasteiger partial charge in [0.15, 0.2) is 11.5 Å². The normalized spacial score (nSPS) is 21.4. The zero-order chi connectivity index (χ0) is 10.6. The summed E-state index contributed by atoms with van der Waals surface area (Å²) >= 11 is 0. The maximum atomic E-state index is 12.4. The summed E-state index contributed by atoms with van der Waals surface area (Å²) in [5.74, 6) is 0.183. The van der Waals surface area contributed by atoms with Crippen LogP contribution in [0.3, 0.4) is 0 Å². The summed E-state index contributed by atoms with van der Waals surface area (Å²) < 4.78 is 33.3. The van der Waals surface area contributed by atoms with Crippen molar-refractivity contribution in [1.82, 2.24) is 0 Å². The topological polar surface area (TPSA) is 18.5 Å². The van der Waals surface area contributed by atoms with Crippen LogP contribution >= 0.6 is 0 Å². The van der Waals surface area contributed by atoms with E-state index in [2.05, 4.69) is 9.47 Å². The predicted octanol–water partition coefficient (Wildman–Crippen LogP) is 3.34. The molecule has 0 aromatic rings. The van der Waals surface area contributed by atoms with E-state index in [0.29, 0.717) is 6.42 Å². The van der Waals surface area contributed by atoms with Gasteiger partial charge in [-0.2, -0.15) is 0 Å². The monoisotopic (exact) mass is 202 g/mol. The molecule has 14 heavy (non-hydrogen) atoms. The molecule has 0 bridgehead atoms. The maximum absolute atomic E-state index is 12.4. The Morgan fingerprint density at radius 2 is 1.50 bits per heavy atom. The second-order valence-corrected chi connectivity index (χ2v) is 2.44. The molecule has 78 valence electrons. The lowest BCUT2D eigenvalue weighted by atomic mass is 10.4. The molecule has 0 saturated heterocycles. The zero-order valence-electron chi connectivity index (χ0n) is 8.09. The van der Waals surface area contributed by atoms with Gasteiger partial charge in [0.2, 0.25) is 0 Å². The van der Waals surface area contributed by atoms with Crippen LogP contribution in [0.5, 0.6) is 0 Å². The third-order valence-corrected chi connectivity index (χ3v) is 1.51. The quantitative estimate of drug-likeness (QED) is 0.599. The van der Waals surface area contributed by atoms with E-state index in [-0.39, 0.29) is 11.5 Å². The standard InChI is InChI=1S/C8H6F2O2.C2H6/c9-8(10)11-6-4-2-1-3-5-7(6)12-8;1-2/h2-5H,1H2;1-2H3. The number of hydrogen-bond donors (Lipinski definition) is 0. The van der Waals surface area contributed by atoms with Gasteiger partial charge >= 0.3 is 6.29 Å². The number of hydrogen-bond acceptors (Lipinski definition) is 2. The van der Waals surface area contributed by atoms with Gasteiger partial charge in [0.25, 0.3) is 0 Å². The molecule has 0 radical (unpaired) electrons. The van der Waals surface area contributed by atoms with E-state index in [4.69, 9.17) is 0 Å². The third-order valence-electron chi connectivity index (χ3n) is 1.51. The van der Waals surface area contributed by atoms with Gasteiger partial charge in [0.1, 0.15) is 0 Å². The lowest BCUT2D eigenvalue weighted by molar-refractivity contribution is -0.335. The summed E-state index contributed by atoms with van der Waals surface area (Å²) in [5.41, 5.74) is 0. The largest absolute Gasteiger partial charge is 0.586 e. The van der Waals surface area contributed by atoms with Crippen LogP contribution in [-0.4, -0.2) is 6.29 Å². The van der Waals surface area contributed by atoms with Gasteiger partial charge in [-0.1, -0.05) is 26.0 Å². The molecule has 0 aromatic carbocycles. The van der Waals surface area contributed by atoms with Crippen LogP contribution in [-0.2, 0) is 9.47 Å². The second-order valence-electron chi connectivity index (χ2n) is 2.44. The Kier molecular flexibility index (Phi) is 3.28. The number of allylic oxidation sites excluding steroid dienone is 4. The molecule has 4 heteroatoms. The van der Waals surface area contributed by atoms with Crippen molar-refractivity contribution in [3.63, 3.8) is 0 Å². The minimum absolute atomic E-state index is 0.0914. The Bertz CT molecular complexity index is 264. The molecule has 1 aliphatic carbocycles. The van der Waals surface area contributed by atoms with E-state index in [1.807, 2.05) is 13.8 Å². The fourth-order valence-electron chi connectivity index (χ4n) is 1.04. The number of halogens is 2. The lowest BCUT2D eigenvalue weighted by Crippen LogP contribution is -2.16. The van der Waals surface area contributed by atoms with Gasteiger partial charge in [-0.3, -0.25) is 0 Å². The molecule has 0 amide bonds. The van der Waals surface area contributed by atoms with Crippen molar-refractivity contribution in [2.24, 2.45) is 0 Å². The van der Waals surface area contributed by atoms with Crippen molar-refractivity contribution in [3.8, 4) is 0 Å². The molecule has 1 heterocycles. The minimum Gasteiger partial charge on any atom is -0.395 e. The van der Waals surface area contributed by atoms with E-state index in [9.17, 15) is 8.78 Å². The van der Waals surface area contributed by atoms with Crippen LogP contribution in [0.2, 0.25) is 0 Å². The molecule has 0 spiro atoms. The van der Waals surface area contributed by atoms with E-state index in [1.165, 1.54) is 12.2 Å². The average molecular weight is 202 g/mol. The van der Waals surface area contributed by atoms with Crippen LogP contribution in [0, 0.1) is 0 Å². The molecule has 0 saturated carbocycles. The molecule has 0 fully saturated rings. The minimum atomic E-state index is -3.50. The van der Waals surface area contributed by atoms with Crippen molar-refractivity contribution < 1.29 is 18.3 Å². The van der Waals surface area contributed by atoms with E-state index < -0.39 is 6.29 Å². The highest BCUT2D eigenvalue weighted by atomic mass is 19.3. The number of rotatable bonds is 0. The van der Waals surface area contributed by atoms with Crippen molar-refractivity contribution in [2.75, 3.05) is 0 Å². The number of ether oxygens (including phenoxy) is 2. The van der Waals surface area contributed by atoms with Gasteiger partial charge < -0.3 is 9.47 Å². The Morgan fingerprint density at radius 3 is 1.93 bits per heavy atom. The van der Waals surface area contributed by atoms with Crippen LogP contribution in [0.1, 0.15) is 20.3 Å². The Balaban J connectivity index is 0.000000461. The summed E-state index contributed by atoms with van der Waals surface area (Å²) in [7, 11) is 0. The van der Waals surface area contributed by atoms with Crippen molar-refractivity contribution in [3.05, 3.63) is 35.8 Å². The summed E-state index contributed by atoms with van der Waals surface area (Å²) in [4.78, 5) is 0. The molecule has 2 nitrogen and oxygen atoms in total. The molecule has 2 rings (SSSR count). The Hall–Kier alpha value is -1.32. The van der Waals surface area contributed by atoms with Crippen LogP contribution in [0.25, 0.3) is 0 Å². The summed E-state index contributed by atoms with van der Waals surface area (Å²) in [6.45, 7) is 4.00. The first-order valence-corrected chi connectivity index (χ1v) is 4.50. The van der Waals surface area contributed by atoms with Crippen LogP contribution in [0.15, 0.2) is 35.8 Å². The van der Waals surface area contributed by atoms with Crippen molar-refractivity contribution in [1.29, 1.82) is 0 Å². The maximum Gasteiger partial charge on any atom is 0.586 e. The van der Waals surface area contributed by atoms with Gasteiger partial charge in [0, 0.05) is 0 Å². The van der Waals surface area contributed by atoms with Gasteiger partial charge in [-0.15, -0.1) is 8.78 Å². The zero-order valence-corrected chi connectivity index (χ0v) is 8.09. The molecular formula is C10H12F2O2. The highest BCUT2D eigenvalue weighted by molar-refractivity contribution is 5.30. The molecule has 0 aromatic heterocycles. The summed E-state index contributed by atoms with van der Waals surface area (Å²) in [6, 6.07) is 0. The molecule has 2 aliphatic rings. The fraction of sp³-hybridized carbons (Fsp3) is 0.400. The summed E-state index contributed by atoms with van der Waals surface area (Å²) in [5, 5.41) is 0. The highest BCUT2D eigenvalue weighted by Crippen LogP contribution is 2.35. The summed E-state index contributed by atoms with van der Waals surface area (Å²) in [6.07, 6.45) is 3.61. The van der Waals surface area contributed by atoms with E-state index in [0.717, 1.165) is 0 Å². The van der Waals surface area contributed by atoms with Gasteiger partial charge in [-0.25, -0.2) is 0 Å². The predicted molar refractivity (Wildman–Crippen MR) is 48.4 cm³/mol. The molecule has 0 N–H and O–H groups in total. The van der Waals surface area contributed by atoms with Crippen LogP contribution < -0.4 is 0 Å². The molecule has 0 atom stereocenters. The van der Waals surface area contributed by atoms with E-state index >= 15 is 0 Å². The molecule has 1 aliphatic heterocycles. The fourth-order valence-corrected chi connectivity index (χ4v) is 1.04. The average Bonchev–Trinajstić information content (AvgIpc) is 2.33.